The van der Waals surface area contributed by atoms with Crippen molar-refractivity contribution in [3.05, 3.63) is 34.6 Å². The second-order valence-corrected chi connectivity index (χ2v) is 6.45. The third-order valence-corrected chi connectivity index (χ3v) is 4.80. The van der Waals surface area contributed by atoms with E-state index in [4.69, 9.17) is 17.3 Å². The van der Waals surface area contributed by atoms with E-state index in [0.29, 0.717) is 6.54 Å². The summed E-state index contributed by atoms with van der Waals surface area (Å²) in [4.78, 5) is 2.41. The van der Waals surface area contributed by atoms with Crippen LogP contribution in [0.4, 0.5) is 4.39 Å². The lowest BCUT2D eigenvalue weighted by Gasteiger charge is -2.38. The van der Waals surface area contributed by atoms with Crippen molar-refractivity contribution in [3.8, 4) is 0 Å². The number of hydrogen-bond acceptors (Lipinski definition) is 2. The molecule has 0 radical (unpaired) electrons. The van der Waals surface area contributed by atoms with E-state index < -0.39 is 0 Å². The Bertz CT molecular complexity index is 442. The summed E-state index contributed by atoms with van der Waals surface area (Å²) in [5, 5.41) is 0.179. The Morgan fingerprint density at radius 3 is 2.50 bits per heavy atom. The molecule has 0 spiro atoms. The maximum atomic E-state index is 13.3. The average Bonchev–Trinajstić information content (AvgIpc) is 2.44. The van der Waals surface area contributed by atoms with Crippen LogP contribution in [0.1, 0.15) is 38.3 Å². The van der Waals surface area contributed by atoms with Crippen LogP contribution in [0.15, 0.2) is 18.2 Å². The van der Waals surface area contributed by atoms with Crippen LogP contribution in [-0.2, 0) is 0 Å². The topological polar surface area (TPSA) is 29.3 Å². The van der Waals surface area contributed by atoms with Crippen molar-refractivity contribution in [3.63, 3.8) is 0 Å². The maximum Gasteiger partial charge on any atom is 0.141 e. The molecule has 112 valence electrons. The Balaban J connectivity index is 2.07. The molecule has 1 fully saturated rings. The molecule has 0 saturated carbocycles. The van der Waals surface area contributed by atoms with Crippen LogP contribution >= 0.6 is 11.6 Å². The van der Waals surface area contributed by atoms with Crippen molar-refractivity contribution in [2.75, 3.05) is 19.6 Å². The Morgan fingerprint density at radius 2 is 2.00 bits per heavy atom. The van der Waals surface area contributed by atoms with Crippen molar-refractivity contribution in [1.29, 1.82) is 0 Å². The first-order valence-corrected chi connectivity index (χ1v) is 7.79. The zero-order valence-electron chi connectivity index (χ0n) is 12.3. The average molecular weight is 299 g/mol. The van der Waals surface area contributed by atoms with E-state index in [-0.39, 0.29) is 16.9 Å². The van der Waals surface area contributed by atoms with Crippen molar-refractivity contribution in [2.24, 2.45) is 17.6 Å². The third kappa shape index (κ3) is 3.51. The molecule has 1 aliphatic heterocycles. The Morgan fingerprint density at radius 1 is 1.35 bits per heavy atom. The number of rotatable bonds is 4. The molecule has 1 unspecified atom stereocenters. The molecule has 2 rings (SSSR count). The fraction of sp³-hybridized carbons (Fsp3) is 0.625. The minimum absolute atomic E-state index is 0.140. The first-order valence-electron chi connectivity index (χ1n) is 7.42. The van der Waals surface area contributed by atoms with Gasteiger partial charge in [-0.2, -0.15) is 0 Å². The second kappa shape index (κ2) is 6.88. The minimum atomic E-state index is -0.371. The number of nitrogens with two attached hydrogens (primary N) is 1. The highest BCUT2D eigenvalue weighted by Crippen LogP contribution is 2.31. The van der Waals surface area contributed by atoms with E-state index in [1.165, 1.54) is 18.9 Å². The molecule has 0 aliphatic carbocycles. The maximum absolute atomic E-state index is 13.3. The quantitative estimate of drug-likeness (QED) is 0.915. The molecule has 1 heterocycles. The van der Waals surface area contributed by atoms with Gasteiger partial charge in [-0.25, -0.2) is 4.39 Å². The molecule has 1 saturated heterocycles. The number of piperidine rings is 1. The van der Waals surface area contributed by atoms with Gasteiger partial charge in [-0.05, 0) is 55.5 Å². The van der Waals surface area contributed by atoms with Gasteiger partial charge in [0.15, 0.2) is 0 Å². The lowest BCUT2D eigenvalue weighted by Crippen LogP contribution is -2.40. The minimum Gasteiger partial charge on any atom is -0.329 e. The van der Waals surface area contributed by atoms with Crippen LogP contribution in [0, 0.1) is 17.7 Å². The van der Waals surface area contributed by atoms with Crippen molar-refractivity contribution < 1.29 is 4.39 Å². The summed E-state index contributed by atoms with van der Waals surface area (Å²) in [6.07, 6.45) is 2.42. The smallest absolute Gasteiger partial charge is 0.141 e. The van der Waals surface area contributed by atoms with Gasteiger partial charge in [0.1, 0.15) is 5.82 Å². The van der Waals surface area contributed by atoms with E-state index in [1.807, 2.05) is 0 Å². The first kappa shape index (κ1) is 15.7. The first-order chi connectivity index (χ1) is 9.52. The summed E-state index contributed by atoms with van der Waals surface area (Å²) in [5.74, 6) is 1.18. The largest absolute Gasteiger partial charge is 0.329 e. The van der Waals surface area contributed by atoms with Gasteiger partial charge in [-0.1, -0.05) is 31.5 Å². The Labute approximate surface area is 126 Å². The van der Waals surface area contributed by atoms with E-state index in [1.54, 1.807) is 12.1 Å². The van der Waals surface area contributed by atoms with Crippen LogP contribution in [0.5, 0.6) is 0 Å². The van der Waals surface area contributed by atoms with E-state index in [0.717, 1.165) is 30.5 Å². The zero-order chi connectivity index (χ0) is 14.7. The normalized spacial score (nSPS) is 19.5. The SMILES string of the molecule is CC(C)C1CCN(C(CN)c2ccc(F)c(Cl)c2)CC1. The summed E-state index contributed by atoms with van der Waals surface area (Å²) < 4.78 is 13.3. The van der Waals surface area contributed by atoms with E-state index in [2.05, 4.69) is 18.7 Å². The summed E-state index contributed by atoms with van der Waals surface area (Å²) in [6, 6.07) is 5.08. The number of nitrogens with zero attached hydrogens (tertiary/aromatic N) is 1. The Kier molecular flexibility index (Phi) is 5.42. The molecule has 1 atom stereocenters. The van der Waals surface area contributed by atoms with E-state index in [9.17, 15) is 4.39 Å². The van der Waals surface area contributed by atoms with Crippen LogP contribution in [-0.4, -0.2) is 24.5 Å². The van der Waals surface area contributed by atoms with Gasteiger partial charge in [-0.3, -0.25) is 4.90 Å². The fourth-order valence-corrected chi connectivity index (χ4v) is 3.30. The summed E-state index contributed by atoms with van der Waals surface area (Å²) >= 11 is 5.88. The molecule has 1 aromatic rings. The van der Waals surface area contributed by atoms with Gasteiger partial charge in [0.2, 0.25) is 0 Å². The second-order valence-electron chi connectivity index (χ2n) is 6.04. The molecule has 1 aromatic carbocycles. The van der Waals surface area contributed by atoms with Crippen LogP contribution in [0.2, 0.25) is 5.02 Å². The zero-order valence-corrected chi connectivity index (χ0v) is 13.0. The van der Waals surface area contributed by atoms with Crippen LogP contribution in [0.3, 0.4) is 0 Å². The predicted octanol–water partition coefficient (Wildman–Crippen LogP) is 3.85. The highest BCUT2D eigenvalue weighted by atomic mass is 35.5. The molecule has 1 aliphatic rings. The molecule has 4 heteroatoms. The number of likely N-dealkylation sites (tertiary alicyclic amines) is 1. The summed E-state index contributed by atoms with van der Waals surface area (Å²) in [7, 11) is 0. The predicted molar refractivity (Wildman–Crippen MR) is 82.3 cm³/mol. The van der Waals surface area contributed by atoms with Gasteiger partial charge in [-0.15, -0.1) is 0 Å². The highest BCUT2D eigenvalue weighted by Gasteiger charge is 2.26. The van der Waals surface area contributed by atoms with Gasteiger partial charge in [0.25, 0.3) is 0 Å². The van der Waals surface area contributed by atoms with Crippen molar-refractivity contribution in [2.45, 2.75) is 32.7 Å². The van der Waals surface area contributed by atoms with Gasteiger partial charge in [0.05, 0.1) is 5.02 Å². The number of benzene rings is 1. The molecular formula is C16H24ClFN2. The monoisotopic (exact) mass is 298 g/mol. The summed E-state index contributed by atoms with van der Waals surface area (Å²) in [5.41, 5.74) is 6.96. The van der Waals surface area contributed by atoms with Crippen LogP contribution < -0.4 is 5.73 Å². The van der Waals surface area contributed by atoms with Gasteiger partial charge >= 0.3 is 0 Å². The third-order valence-electron chi connectivity index (χ3n) is 4.51. The molecule has 2 N–H and O–H groups in total. The molecule has 0 aromatic heterocycles. The molecule has 0 amide bonds. The lowest BCUT2D eigenvalue weighted by atomic mass is 9.86. The summed E-state index contributed by atoms with van der Waals surface area (Å²) in [6.45, 7) is 7.23. The Hall–Kier alpha value is -0.640. The highest BCUT2D eigenvalue weighted by molar-refractivity contribution is 6.30. The molecular weight excluding hydrogens is 275 g/mol. The molecule has 20 heavy (non-hydrogen) atoms. The fourth-order valence-electron chi connectivity index (χ4n) is 3.11. The number of halogens is 2. The van der Waals surface area contributed by atoms with Crippen molar-refractivity contribution >= 4 is 11.6 Å². The molecule has 0 bridgehead atoms. The van der Waals surface area contributed by atoms with Gasteiger partial charge < -0.3 is 5.73 Å². The van der Waals surface area contributed by atoms with Crippen LogP contribution in [0.25, 0.3) is 0 Å². The van der Waals surface area contributed by atoms with Crippen molar-refractivity contribution in [1.82, 2.24) is 4.90 Å². The molecule has 2 nitrogen and oxygen atoms in total. The standard InChI is InChI=1S/C16H24ClFN2/c1-11(2)12-5-7-20(8-6-12)16(10-19)13-3-4-15(18)14(17)9-13/h3-4,9,11-12,16H,5-8,10,19H2,1-2H3. The van der Waals surface area contributed by atoms with E-state index >= 15 is 0 Å². The number of hydrogen-bond donors (Lipinski definition) is 1. The lowest BCUT2D eigenvalue weighted by molar-refractivity contribution is 0.117. The van der Waals surface area contributed by atoms with Gasteiger partial charge in [0, 0.05) is 12.6 Å².